The van der Waals surface area contributed by atoms with Gasteiger partial charge in [0.2, 0.25) is 0 Å². The van der Waals surface area contributed by atoms with Crippen LogP contribution in [-0.4, -0.2) is 25.3 Å². The fourth-order valence-corrected chi connectivity index (χ4v) is 3.04. The Bertz CT molecular complexity index is 261. The second kappa shape index (κ2) is 5.65. The van der Waals surface area contributed by atoms with Crippen molar-refractivity contribution in [2.75, 3.05) is 13.2 Å². The molecule has 16 heavy (non-hydrogen) atoms. The zero-order valence-corrected chi connectivity index (χ0v) is 10.1. The quantitative estimate of drug-likeness (QED) is 0.792. The van der Waals surface area contributed by atoms with Crippen molar-refractivity contribution in [3.05, 3.63) is 0 Å². The van der Waals surface area contributed by atoms with E-state index >= 15 is 0 Å². The molecule has 3 heteroatoms. The number of rotatable bonds is 4. The number of ether oxygens (including phenoxy) is 1. The molecule has 90 valence electrons. The molecule has 0 bridgehead atoms. The SMILES string of the molecule is CCC1OCCC1CNC1CCCC1C#N. The summed E-state index contributed by atoms with van der Waals surface area (Å²) in [7, 11) is 0. The number of nitrogens with zero attached hydrogens (tertiary/aromatic N) is 1. The normalized spacial score (nSPS) is 38.8. The third-order valence-electron chi connectivity index (χ3n) is 4.07. The molecule has 0 aromatic rings. The Labute approximate surface area is 98.2 Å². The van der Waals surface area contributed by atoms with Gasteiger partial charge in [-0.2, -0.15) is 5.26 Å². The first kappa shape index (κ1) is 11.9. The van der Waals surface area contributed by atoms with Crippen LogP contribution in [0.1, 0.15) is 39.0 Å². The number of nitriles is 1. The molecular formula is C13H22N2O. The lowest BCUT2D eigenvalue weighted by molar-refractivity contribution is 0.0864. The molecule has 0 amide bonds. The maximum atomic E-state index is 9.01. The largest absolute Gasteiger partial charge is 0.378 e. The Kier molecular flexibility index (Phi) is 4.20. The highest BCUT2D eigenvalue weighted by molar-refractivity contribution is 4.96. The molecule has 4 unspecified atom stereocenters. The van der Waals surface area contributed by atoms with E-state index in [1.807, 2.05) is 0 Å². The van der Waals surface area contributed by atoms with Gasteiger partial charge in [-0.05, 0) is 31.6 Å². The molecule has 0 aromatic carbocycles. The zero-order chi connectivity index (χ0) is 11.4. The van der Waals surface area contributed by atoms with Crippen LogP contribution in [0.2, 0.25) is 0 Å². The molecule has 1 saturated carbocycles. The van der Waals surface area contributed by atoms with Gasteiger partial charge in [0.25, 0.3) is 0 Å². The minimum Gasteiger partial charge on any atom is -0.378 e. The molecule has 1 saturated heterocycles. The predicted molar refractivity (Wildman–Crippen MR) is 62.9 cm³/mol. The monoisotopic (exact) mass is 222 g/mol. The molecule has 1 aliphatic carbocycles. The van der Waals surface area contributed by atoms with Crippen LogP contribution in [-0.2, 0) is 4.74 Å². The van der Waals surface area contributed by atoms with Gasteiger partial charge >= 0.3 is 0 Å². The molecule has 2 fully saturated rings. The Hall–Kier alpha value is -0.590. The molecule has 1 N–H and O–H groups in total. The molecule has 4 atom stereocenters. The van der Waals surface area contributed by atoms with Gasteiger partial charge < -0.3 is 10.1 Å². The lowest BCUT2D eigenvalue weighted by atomic mass is 9.98. The standard InChI is InChI=1S/C13H22N2O/c1-2-13-11(6-7-16-13)9-15-12-5-3-4-10(12)8-14/h10-13,15H,2-7,9H2,1H3. The van der Waals surface area contributed by atoms with Crippen molar-refractivity contribution in [3.8, 4) is 6.07 Å². The highest BCUT2D eigenvalue weighted by atomic mass is 16.5. The fourth-order valence-electron chi connectivity index (χ4n) is 3.04. The average molecular weight is 222 g/mol. The summed E-state index contributed by atoms with van der Waals surface area (Å²) in [4.78, 5) is 0. The van der Waals surface area contributed by atoms with E-state index in [0.29, 0.717) is 18.1 Å². The van der Waals surface area contributed by atoms with Gasteiger partial charge in [-0.15, -0.1) is 0 Å². The van der Waals surface area contributed by atoms with Crippen LogP contribution in [0.3, 0.4) is 0 Å². The minimum atomic E-state index is 0.238. The second-order valence-corrected chi connectivity index (χ2v) is 5.05. The van der Waals surface area contributed by atoms with Crippen LogP contribution < -0.4 is 5.32 Å². The van der Waals surface area contributed by atoms with Crippen LogP contribution in [0.5, 0.6) is 0 Å². The van der Waals surface area contributed by atoms with E-state index < -0.39 is 0 Å². The second-order valence-electron chi connectivity index (χ2n) is 5.05. The smallest absolute Gasteiger partial charge is 0.0672 e. The van der Waals surface area contributed by atoms with Gasteiger partial charge in [0, 0.05) is 19.2 Å². The van der Waals surface area contributed by atoms with E-state index in [2.05, 4.69) is 18.3 Å². The third kappa shape index (κ3) is 2.56. The van der Waals surface area contributed by atoms with Crippen molar-refractivity contribution in [3.63, 3.8) is 0 Å². The third-order valence-corrected chi connectivity index (χ3v) is 4.07. The molecule has 0 spiro atoms. The lowest BCUT2D eigenvalue weighted by Gasteiger charge is -2.21. The molecule has 0 radical (unpaired) electrons. The molecule has 0 aromatic heterocycles. The van der Waals surface area contributed by atoms with E-state index in [1.54, 1.807) is 0 Å². The molecule has 2 aliphatic rings. The van der Waals surface area contributed by atoms with Gasteiger partial charge in [-0.25, -0.2) is 0 Å². The first-order valence-corrected chi connectivity index (χ1v) is 6.59. The van der Waals surface area contributed by atoms with Crippen molar-refractivity contribution >= 4 is 0 Å². The van der Waals surface area contributed by atoms with Crippen LogP contribution >= 0.6 is 0 Å². The van der Waals surface area contributed by atoms with Gasteiger partial charge in [0.1, 0.15) is 0 Å². The summed E-state index contributed by atoms with van der Waals surface area (Å²) < 4.78 is 5.68. The molecule has 1 aliphatic heterocycles. The summed E-state index contributed by atoms with van der Waals surface area (Å²) in [5, 5.41) is 12.6. The van der Waals surface area contributed by atoms with Crippen molar-refractivity contribution in [1.29, 1.82) is 5.26 Å². The average Bonchev–Trinajstić information content (AvgIpc) is 2.94. The topological polar surface area (TPSA) is 45.0 Å². The van der Waals surface area contributed by atoms with E-state index in [1.165, 1.54) is 19.3 Å². The number of hydrogen-bond donors (Lipinski definition) is 1. The van der Waals surface area contributed by atoms with Crippen LogP contribution in [0.15, 0.2) is 0 Å². The molecule has 3 nitrogen and oxygen atoms in total. The minimum absolute atomic E-state index is 0.238. The summed E-state index contributed by atoms with van der Waals surface area (Å²) >= 11 is 0. The first-order valence-electron chi connectivity index (χ1n) is 6.59. The molecular weight excluding hydrogens is 200 g/mol. The van der Waals surface area contributed by atoms with E-state index in [0.717, 1.165) is 26.0 Å². The van der Waals surface area contributed by atoms with Crippen molar-refractivity contribution in [1.82, 2.24) is 5.32 Å². The maximum absolute atomic E-state index is 9.01. The highest BCUT2D eigenvalue weighted by Gasteiger charge is 2.30. The van der Waals surface area contributed by atoms with Crippen LogP contribution in [0.4, 0.5) is 0 Å². The highest BCUT2D eigenvalue weighted by Crippen LogP contribution is 2.27. The summed E-state index contributed by atoms with van der Waals surface area (Å²) in [6.45, 7) is 4.13. The summed E-state index contributed by atoms with van der Waals surface area (Å²) in [6, 6.07) is 2.85. The van der Waals surface area contributed by atoms with Gasteiger partial charge in [-0.1, -0.05) is 13.3 Å². The van der Waals surface area contributed by atoms with Crippen LogP contribution in [0, 0.1) is 23.2 Å². The maximum Gasteiger partial charge on any atom is 0.0672 e. The van der Waals surface area contributed by atoms with E-state index in [4.69, 9.17) is 10.00 Å². The van der Waals surface area contributed by atoms with Crippen molar-refractivity contribution in [2.45, 2.75) is 51.2 Å². The summed E-state index contributed by atoms with van der Waals surface area (Å²) in [5.41, 5.74) is 0. The van der Waals surface area contributed by atoms with Gasteiger partial charge in [0.05, 0.1) is 18.1 Å². The lowest BCUT2D eigenvalue weighted by Crippen LogP contribution is -2.37. The Morgan fingerprint density at radius 3 is 3.00 bits per heavy atom. The molecule has 1 heterocycles. The zero-order valence-electron chi connectivity index (χ0n) is 10.1. The molecule has 2 rings (SSSR count). The fraction of sp³-hybridized carbons (Fsp3) is 0.923. The Morgan fingerprint density at radius 1 is 1.38 bits per heavy atom. The Balaban J connectivity index is 1.76. The number of hydrogen-bond acceptors (Lipinski definition) is 3. The van der Waals surface area contributed by atoms with Crippen molar-refractivity contribution < 1.29 is 4.74 Å². The Morgan fingerprint density at radius 2 is 2.25 bits per heavy atom. The van der Waals surface area contributed by atoms with Crippen LogP contribution in [0.25, 0.3) is 0 Å². The predicted octanol–water partition coefficient (Wildman–Crippen LogP) is 2.08. The van der Waals surface area contributed by atoms with E-state index in [-0.39, 0.29) is 5.92 Å². The first-order chi connectivity index (χ1) is 7.85. The summed E-state index contributed by atoms with van der Waals surface area (Å²) in [5.74, 6) is 0.896. The van der Waals surface area contributed by atoms with Gasteiger partial charge in [0.15, 0.2) is 0 Å². The number of nitrogens with one attached hydrogen (secondary N) is 1. The summed E-state index contributed by atoms with van der Waals surface area (Å²) in [6.07, 6.45) is 6.17. The van der Waals surface area contributed by atoms with E-state index in [9.17, 15) is 0 Å². The van der Waals surface area contributed by atoms with Crippen molar-refractivity contribution in [2.24, 2.45) is 11.8 Å². The van der Waals surface area contributed by atoms with Gasteiger partial charge in [-0.3, -0.25) is 0 Å².